The van der Waals surface area contributed by atoms with Crippen molar-refractivity contribution in [3.63, 3.8) is 0 Å². The summed E-state index contributed by atoms with van der Waals surface area (Å²) in [5.74, 6) is -0.129. The molecular weight excluding hydrogens is 308 g/mol. The van der Waals surface area contributed by atoms with E-state index in [2.05, 4.69) is 11.6 Å². The summed E-state index contributed by atoms with van der Waals surface area (Å²) in [4.78, 5) is 19.4. The highest BCUT2D eigenvalue weighted by Gasteiger charge is 2.18. The Labute approximate surface area is 132 Å². The zero-order valence-electron chi connectivity index (χ0n) is 11.5. The lowest BCUT2D eigenvalue weighted by Gasteiger charge is -2.19. The summed E-state index contributed by atoms with van der Waals surface area (Å²) in [5, 5.41) is 0. The van der Waals surface area contributed by atoms with Crippen LogP contribution in [-0.4, -0.2) is 33.4 Å². The number of amides is 1. The molecule has 0 bridgehead atoms. The maximum Gasteiger partial charge on any atom is 0.274 e. The van der Waals surface area contributed by atoms with Crippen LogP contribution in [0.2, 0.25) is 4.34 Å². The van der Waals surface area contributed by atoms with Crippen LogP contribution in [0.1, 0.15) is 15.4 Å². The molecule has 0 atom stereocenters. The summed E-state index contributed by atoms with van der Waals surface area (Å²) in [6.45, 7) is 5.80. The number of imidazole rings is 1. The van der Waals surface area contributed by atoms with Crippen LogP contribution in [0.25, 0.3) is 0 Å². The molecule has 0 aromatic carbocycles. The van der Waals surface area contributed by atoms with E-state index in [1.807, 2.05) is 12.1 Å². The molecule has 0 saturated heterocycles. The lowest BCUT2D eigenvalue weighted by atomic mass is 10.3. The van der Waals surface area contributed by atoms with Crippen LogP contribution < -0.4 is 5.73 Å². The van der Waals surface area contributed by atoms with Crippen LogP contribution >= 0.6 is 22.9 Å². The summed E-state index contributed by atoms with van der Waals surface area (Å²) in [7, 11) is 0. The summed E-state index contributed by atoms with van der Waals surface area (Å²) in [6, 6.07) is 3.75. The molecule has 0 saturated carbocycles. The number of carbonyl (C=O) groups is 1. The molecule has 1 amide bonds. The third kappa shape index (κ3) is 4.17. The maximum atomic E-state index is 12.5. The fraction of sp³-hybridized carbons (Fsp3) is 0.286. The summed E-state index contributed by atoms with van der Waals surface area (Å²) in [5.41, 5.74) is 5.90. The molecule has 0 aliphatic carbocycles. The minimum absolute atomic E-state index is 0.129. The van der Waals surface area contributed by atoms with E-state index in [1.54, 1.807) is 28.1 Å². The quantitative estimate of drug-likeness (QED) is 0.795. The van der Waals surface area contributed by atoms with Gasteiger partial charge in [0.15, 0.2) is 0 Å². The van der Waals surface area contributed by atoms with Gasteiger partial charge in [0.2, 0.25) is 0 Å². The van der Waals surface area contributed by atoms with Gasteiger partial charge in [0.05, 0.1) is 17.2 Å². The first-order valence-corrected chi connectivity index (χ1v) is 7.69. The average molecular weight is 325 g/mol. The van der Waals surface area contributed by atoms with Gasteiger partial charge in [-0.15, -0.1) is 17.9 Å². The van der Waals surface area contributed by atoms with Gasteiger partial charge < -0.3 is 15.2 Å². The van der Waals surface area contributed by atoms with Crippen LogP contribution in [0, 0.1) is 0 Å². The molecule has 2 aromatic heterocycles. The van der Waals surface area contributed by atoms with Gasteiger partial charge in [0.25, 0.3) is 5.91 Å². The zero-order chi connectivity index (χ0) is 15.2. The highest BCUT2D eigenvalue weighted by Crippen LogP contribution is 2.23. The number of nitrogens with zero attached hydrogens (tertiary/aromatic N) is 3. The van der Waals surface area contributed by atoms with E-state index in [4.69, 9.17) is 17.3 Å². The van der Waals surface area contributed by atoms with Gasteiger partial charge in [-0.1, -0.05) is 17.7 Å². The number of aromatic nitrogens is 2. The van der Waals surface area contributed by atoms with Crippen molar-refractivity contribution in [1.82, 2.24) is 14.5 Å². The van der Waals surface area contributed by atoms with Gasteiger partial charge in [-0.2, -0.15) is 0 Å². The van der Waals surface area contributed by atoms with Crippen molar-refractivity contribution in [3.8, 4) is 0 Å². The monoisotopic (exact) mass is 324 g/mol. The van der Waals surface area contributed by atoms with Crippen molar-refractivity contribution in [1.29, 1.82) is 0 Å². The fourth-order valence-electron chi connectivity index (χ4n) is 1.90. The maximum absolute atomic E-state index is 12.5. The average Bonchev–Trinajstić information content (AvgIpc) is 3.07. The van der Waals surface area contributed by atoms with Gasteiger partial charge >= 0.3 is 0 Å². The Balaban J connectivity index is 2.12. The van der Waals surface area contributed by atoms with Gasteiger partial charge in [-0.3, -0.25) is 4.79 Å². The van der Waals surface area contributed by atoms with E-state index in [-0.39, 0.29) is 5.91 Å². The van der Waals surface area contributed by atoms with E-state index < -0.39 is 0 Å². The highest BCUT2D eigenvalue weighted by atomic mass is 35.5. The Kier molecular flexibility index (Phi) is 5.55. The Hall–Kier alpha value is -1.63. The van der Waals surface area contributed by atoms with Crippen molar-refractivity contribution < 1.29 is 4.79 Å². The Morgan fingerprint density at radius 1 is 1.57 bits per heavy atom. The zero-order valence-corrected chi connectivity index (χ0v) is 13.1. The molecule has 0 unspecified atom stereocenters. The number of halogens is 1. The van der Waals surface area contributed by atoms with Gasteiger partial charge in [0.1, 0.15) is 5.69 Å². The first-order chi connectivity index (χ1) is 10.1. The molecule has 7 heteroatoms. The second kappa shape index (κ2) is 7.40. The van der Waals surface area contributed by atoms with E-state index in [9.17, 15) is 4.79 Å². The molecule has 0 aliphatic heterocycles. The molecule has 0 spiro atoms. The SMILES string of the molecule is C=CCN(Cc1ccc(Cl)s1)C(=O)c1cn(CCN)cn1. The standard InChI is InChI=1S/C14H17ClN4OS/c1-2-6-19(8-11-3-4-13(15)21-11)14(20)12-9-18(7-5-16)10-17-12/h2-4,9-10H,1,5-8,16H2. The minimum atomic E-state index is -0.129. The first kappa shape index (κ1) is 15.8. The first-order valence-electron chi connectivity index (χ1n) is 6.50. The molecule has 2 aromatic rings. The molecule has 0 fully saturated rings. The van der Waals surface area contributed by atoms with E-state index >= 15 is 0 Å². The topological polar surface area (TPSA) is 64.2 Å². The molecule has 0 aliphatic rings. The van der Waals surface area contributed by atoms with Crippen molar-refractivity contribution in [2.75, 3.05) is 13.1 Å². The number of hydrogen-bond acceptors (Lipinski definition) is 4. The second-order valence-corrected chi connectivity index (χ2v) is 6.27. The van der Waals surface area contributed by atoms with Gasteiger partial charge in [-0.05, 0) is 12.1 Å². The van der Waals surface area contributed by atoms with Crippen LogP contribution in [0.4, 0.5) is 0 Å². The third-order valence-electron chi connectivity index (χ3n) is 2.85. The third-order valence-corrected chi connectivity index (χ3v) is 4.07. The van der Waals surface area contributed by atoms with E-state index in [0.717, 1.165) is 4.88 Å². The smallest absolute Gasteiger partial charge is 0.274 e. The van der Waals surface area contributed by atoms with Crippen LogP contribution in [-0.2, 0) is 13.1 Å². The van der Waals surface area contributed by atoms with Crippen LogP contribution in [0.3, 0.4) is 0 Å². The van der Waals surface area contributed by atoms with Crippen molar-refractivity contribution >= 4 is 28.8 Å². The lowest BCUT2D eigenvalue weighted by molar-refractivity contribution is 0.0759. The summed E-state index contributed by atoms with van der Waals surface area (Å²) < 4.78 is 2.52. The Morgan fingerprint density at radius 2 is 2.38 bits per heavy atom. The molecule has 2 rings (SSSR count). The molecule has 0 radical (unpaired) electrons. The highest BCUT2D eigenvalue weighted by molar-refractivity contribution is 7.16. The van der Waals surface area contributed by atoms with Crippen molar-refractivity contribution in [2.24, 2.45) is 5.73 Å². The number of hydrogen-bond donors (Lipinski definition) is 1. The van der Waals surface area contributed by atoms with Crippen LogP contribution in [0.5, 0.6) is 0 Å². The van der Waals surface area contributed by atoms with Crippen LogP contribution in [0.15, 0.2) is 37.3 Å². The number of carbonyl (C=O) groups excluding carboxylic acids is 1. The summed E-state index contributed by atoms with van der Waals surface area (Å²) >= 11 is 7.39. The van der Waals surface area contributed by atoms with E-state index in [1.165, 1.54) is 11.3 Å². The minimum Gasteiger partial charge on any atom is -0.335 e. The predicted molar refractivity (Wildman–Crippen MR) is 85.5 cm³/mol. The lowest BCUT2D eigenvalue weighted by Crippen LogP contribution is -2.30. The Bertz CT molecular complexity index is 622. The summed E-state index contributed by atoms with van der Waals surface area (Å²) in [6.07, 6.45) is 5.03. The molecule has 112 valence electrons. The molecule has 2 heterocycles. The second-order valence-electron chi connectivity index (χ2n) is 4.47. The largest absolute Gasteiger partial charge is 0.335 e. The fourth-order valence-corrected chi connectivity index (χ4v) is 3.01. The normalized spacial score (nSPS) is 10.6. The van der Waals surface area contributed by atoms with Crippen molar-refractivity contribution in [2.45, 2.75) is 13.1 Å². The predicted octanol–water partition coefficient (Wildman–Crippen LogP) is 2.39. The Morgan fingerprint density at radius 3 is 3.00 bits per heavy atom. The van der Waals surface area contributed by atoms with Gasteiger partial charge in [-0.25, -0.2) is 4.98 Å². The van der Waals surface area contributed by atoms with Gasteiger partial charge in [0, 0.05) is 30.7 Å². The number of nitrogens with two attached hydrogens (primary N) is 1. The number of thiophene rings is 1. The number of rotatable bonds is 7. The van der Waals surface area contributed by atoms with E-state index in [0.29, 0.717) is 36.2 Å². The molecule has 5 nitrogen and oxygen atoms in total. The molecular formula is C14H17ClN4OS. The van der Waals surface area contributed by atoms with Crippen molar-refractivity contribution in [3.05, 3.63) is 52.2 Å². The molecule has 21 heavy (non-hydrogen) atoms. The molecule has 2 N–H and O–H groups in total.